The Morgan fingerprint density at radius 3 is 2.17 bits per heavy atom. The van der Waals surface area contributed by atoms with Crippen molar-refractivity contribution in [3.8, 4) is 0 Å². The summed E-state index contributed by atoms with van der Waals surface area (Å²) >= 11 is 0. The molecule has 2 unspecified atom stereocenters. The van der Waals surface area contributed by atoms with Gasteiger partial charge in [0.1, 0.15) is 0 Å². The van der Waals surface area contributed by atoms with E-state index >= 15 is 0 Å². The van der Waals surface area contributed by atoms with Crippen molar-refractivity contribution < 1.29 is 0 Å². The van der Waals surface area contributed by atoms with Crippen molar-refractivity contribution in [3.05, 3.63) is 35.9 Å². The smallest absolute Gasteiger partial charge is 0.0355 e. The maximum atomic E-state index is 3.45. The van der Waals surface area contributed by atoms with E-state index in [4.69, 9.17) is 0 Å². The lowest BCUT2D eigenvalue weighted by molar-refractivity contribution is 0.231. The zero-order valence-electron chi connectivity index (χ0n) is 12.5. The van der Waals surface area contributed by atoms with Crippen molar-refractivity contribution in [2.75, 3.05) is 27.2 Å². The molecule has 0 aliphatic carbocycles. The highest BCUT2D eigenvalue weighted by Crippen LogP contribution is 2.22. The Morgan fingerprint density at radius 1 is 1.06 bits per heavy atom. The molecule has 0 radical (unpaired) electrons. The van der Waals surface area contributed by atoms with Crippen molar-refractivity contribution in [2.24, 2.45) is 11.8 Å². The Kier molecular flexibility index (Phi) is 6.37. The molecule has 0 aliphatic rings. The predicted octanol–water partition coefficient (Wildman–Crippen LogP) is 3.17. The van der Waals surface area contributed by atoms with E-state index in [1.54, 1.807) is 0 Å². The summed E-state index contributed by atoms with van der Waals surface area (Å²) in [5.41, 5.74) is 1.38. The molecular weight excluding hydrogens is 220 g/mol. The molecule has 0 fully saturated rings. The quantitative estimate of drug-likeness (QED) is 0.797. The fourth-order valence-corrected chi connectivity index (χ4v) is 2.74. The lowest BCUT2D eigenvalue weighted by atomic mass is 9.94. The molecule has 0 heterocycles. The van der Waals surface area contributed by atoms with Gasteiger partial charge in [-0.1, -0.05) is 51.1 Å². The number of benzene rings is 1. The molecule has 1 N–H and O–H groups in total. The molecule has 1 aromatic carbocycles. The molecule has 1 aromatic rings. The summed E-state index contributed by atoms with van der Waals surface area (Å²) in [4.78, 5) is 2.43. The second kappa shape index (κ2) is 7.55. The number of nitrogens with zero attached hydrogens (tertiary/aromatic N) is 1. The van der Waals surface area contributed by atoms with Gasteiger partial charge in [-0.2, -0.15) is 0 Å². The van der Waals surface area contributed by atoms with Crippen LogP contribution in [0.2, 0.25) is 0 Å². The third-order valence-corrected chi connectivity index (χ3v) is 3.32. The Labute approximate surface area is 112 Å². The van der Waals surface area contributed by atoms with Crippen LogP contribution in [0.15, 0.2) is 30.3 Å². The Bertz CT molecular complexity index is 321. The van der Waals surface area contributed by atoms with Gasteiger partial charge in [-0.3, -0.25) is 0 Å². The van der Waals surface area contributed by atoms with Gasteiger partial charge in [-0.15, -0.1) is 0 Å². The number of nitrogens with one attached hydrogen (secondary N) is 1. The molecule has 2 nitrogen and oxygen atoms in total. The number of hydrogen-bond acceptors (Lipinski definition) is 2. The molecule has 18 heavy (non-hydrogen) atoms. The maximum Gasteiger partial charge on any atom is 0.0355 e. The summed E-state index contributed by atoms with van der Waals surface area (Å²) in [6.07, 6.45) is 0. The summed E-state index contributed by atoms with van der Waals surface area (Å²) in [6.45, 7) is 9.15. The van der Waals surface area contributed by atoms with Crippen molar-refractivity contribution >= 4 is 0 Å². The van der Waals surface area contributed by atoms with Gasteiger partial charge >= 0.3 is 0 Å². The van der Waals surface area contributed by atoms with Crippen LogP contribution in [0.5, 0.6) is 0 Å². The van der Waals surface area contributed by atoms with E-state index in [1.807, 2.05) is 0 Å². The summed E-state index contributed by atoms with van der Waals surface area (Å²) in [5, 5.41) is 3.45. The predicted molar refractivity (Wildman–Crippen MR) is 79.7 cm³/mol. The minimum Gasteiger partial charge on any atom is -0.313 e. The van der Waals surface area contributed by atoms with Crippen LogP contribution < -0.4 is 5.32 Å². The Balaban J connectivity index is 2.60. The van der Waals surface area contributed by atoms with Gasteiger partial charge in [0, 0.05) is 19.1 Å². The van der Waals surface area contributed by atoms with Crippen LogP contribution in [0, 0.1) is 11.8 Å². The standard InChI is InChI=1S/C16H28N2/c1-13(2)11-18(5)12-14(3)16(17-4)15-9-7-6-8-10-15/h6-10,13-14,16-17H,11-12H2,1-5H3. The number of rotatable bonds is 7. The maximum absolute atomic E-state index is 3.45. The first kappa shape index (κ1) is 15.2. The van der Waals surface area contributed by atoms with Crippen LogP contribution in [-0.4, -0.2) is 32.1 Å². The van der Waals surface area contributed by atoms with Crippen molar-refractivity contribution in [1.29, 1.82) is 0 Å². The Morgan fingerprint density at radius 2 is 1.67 bits per heavy atom. The summed E-state index contributed by atoms with van der Waals surface area (Å²) in [6, 6.07) is 11.2. The highest BCUT2D eigenvalue weighted by molar-refractivity contribution is 5.19. The molecule has 1 rings (SSSR count). The summed E-state index contributed by atoms with van der Waals surface area (Å²) in [7, 11) is 4.27. The molecule has 0 spiro atoms. The van der Waals surface area contributed by atoms with E-state index in [0.717, 1.165) is 19.0 Å². The SMILES string of the molecule is CNC(c1ccccc1)C(C)CN(C)CC(C)C. The van der Waals surface area contributed by atoms with E-state index in [2.05, 4.69) is 75.4 Å². The zero-order chi connectivity index (χ0) is 13.5. The van der Waals surface area contributed by atoms with E-state index < -0.39 is 0 Å². The molecule has 2 heteroatoms. The molecule has 0 aliphatic heterocycles. The molecule has 0 saturated heterocycles. The zero-order valence-corrected chi connectivity index (χ0v) is 12.5. The van der Waals surface area contributed by atoms with Crippen LogP contribution in [0.4, 0.5) is 0 Å². The van der Waals surface area contributed by atoms with Gasteiger partial charge in [0.15, 0.2) is 0 Å². The lowest BCUT2D eigenvalue weighted by Crippen LogP contribution is -2.34. The first-order valence-electron chi connectivity index (χ1n) is 6.95. The first-order chi connectivity index (χ1) is 8.54. The average molecular weight is 248 g/mol. The van der Waals surface area contributed by atoms with Gasteiger partial charge in [0.2, 0.25) is 0 Å². The fourth-order valence-electron chi connectivity index (χ4n) is 2.74. The number of hydrogen-bond donors (Lipinski definition) is 1. The molecule has 0 aromatic heterocycles. The van der Waals surface area contributed by atoms with E-state index in [-0.39, 0.29) is 0 Å². The van der Waals surface area contributed by atoms with E-state index in [1.165, 1.54) is 5.56 Å². The van der Waals surface area contributed by atoms with Crippen LogP contribution in [0.1, 0.15) is 32.4 Å². The van der Waals surface area contributed by atoms with Gasteiger partial charge in [-0.25, -0.2) is 0 Å². The molecule has 2 atom stereocenters. The minimum absolute atomic E-state index is 0.431. The van der Waals surface area contributed by atoms with Crippen LogP contribution >= 0.6 is 0 Å². The fraction of sp³-hybridized carbons (Fsp3) is 0.625. The van der Waals surface area contributed by atoms with Crippen molar-refractivity contribution in [2.45, 2.75) is 26.8 Å². The van der Waals surface area contributed by atoms with Crippen LogP contribution in [-0.2, 0) is 0 Å². The molecule has 0 saturated carbocycles. The lowest BCUT2D eigenvalue weighted by Gasteiger charge is -2.29. The van der Waals surface area contributed by atoms with E-state index in [9.17, 15) is 0 Å². The molecule has 0 bridgehead atoms. The highest BCUT2D eigenvalue weighted by atomic mass is 15.1. The van der Waals surface area contributed by atoms with Crippen LogP contribution in [0.3, 0.4) is 0 Å². The largest absolute Gasteiger partial charge is 0.313 e. The van der Waals surface area contributed by atoms with Crippen molar-refractivity contribution in [1.82, 2.24) is 10.2 Å². The first-order valence-corrected chi connectivity index (χ1v) is 6.95. The molecular formula is C16H28N2. The topological polar surface area (TPSA) is 15.3 Å². The summed E-state index contributed by atoms with van der Waals surface area (Å²) in [5.74, 6) is 1.33. The van der Waals surface area contributed by atoms with Gasteiger partial charge in [-0.05, 0) is 31.5 Å². The van der Waals surface area contributed by atoms with Gasteiger partial charge < -0.3 is 10.2 Å². The van der Waals surface area contributed by atoms with E-state index in [0.29, 0.717) is 12.0 Å². The second-order valence-electron chi connectivity index (χ2n) is 5.77. The summed E-state index contributed by atoms with van der Waals surface area (Å²) < 4.78 is 0. The monoisotopic (exact) mass is 248 g/mol. The highest BCUT2D eigenvalue weighted by Gasteiger charge is 2.18. The minimum atomic E-state index is 0.431. The normalized spacial score (nSPS) is 15.1. The second-order valence-corrected chi connectivity index (χ2v) is 5.77. The molecule has 0 amide bonds. The average Bonchev–Trinajstić information content (AvgIpc) is 2.29. The van der Waals surface area contributed by atoms with Crippen molar-refractivity contribution in [3.63, 3.8) is 0 Å². The third-order valence-electron chi connectivity index (χ3n) is 3.32. The van der Waals surface area contributed by atoms with Crippen LogP contribution in [0.25, 0.3) is 0 Å². The third kappa shape index (κ3) is 4.79. The Hall–Kier alpha value is -0.860. The van der Waals surface area contributed by atoms with Gasteiger partial charge in [0.05, 0.1) is 0 Å². The molecule has 102 valence electrons. The van der Waals surface area contributed by atoms with Gasteiger partial charge in [0.25, 0.3) is 0 Å².